The van der Waals surface area contributed by atoms with Crippen LogP contribution in [0.5, 0.6) is 11.5 Å². The Hall–Kier alpha value is -13.2. The number of hydrogen-bond acceptors (Lipinski definition) is 24. The number of nitrogens with one attached hydrogen (secondary N) is 6. The number of aromatic amines is 3. The van der Waals surface area contributed by atoms with E-state index in [0.29, 0.717) is 89.8 Å². The number of piperidine rings is 1. The maximum absolute atomic E-state index is 13.0. The number of nitriles is 1. The molecule has 36 heteroatoms. The number of nitroso groups, excluding NO2 is 1. The molecule has 3 aliphatic heterocycles. The van der Waals surface area contributed by atoms with Crippen molar-refractivity contribution >= 4 is 47.6 Å². The van der Waals surface area contributed by atoms with Crippen molar-refractivity contribution in [3.8, 4) is 63.1 Å². The Balaban J connectivity index is 0.000000360. The number of nitrogens with zero attached hydrogens (tertiary/aromatic N) is 11. The summed E-state index contributed by atoms with van der Waals surface area (Å²) in [5.74, 6) is 0.904. The molecule has 0 bridgehead atoms. The third-order valence-electron chi connectivity index (χ3n) is 14.5. The molecule has 0 atom stereocenters. The van der Waals surface area contributed by atoms with Gasteiger partial charge in [0.2, 0.25) is 17.6 Å². The molecule has 0 unspecified atom stereocenters. The number of halogens is 1. The molecular formula is C76H85FN17NaO17. The minimum Gasteiger partial charge on any atom is -0.493 e. The second-order valence-electron chi connectivity index (χ2n) is 21.9. The molecule has 112 heavy (non-hydrogen) atoms. The topological polar surface area (TPSA) is 480 Å². The first kappa shape index (κ1) is 91.2. The van der Waals surface area contributed by atoms with E-state index in [9.17, 15) is 38.0 Å². The van der Waals surface area contributed by atoms with Gasteiger partial charge in [0.05, 0.1) is 59.3 Å². The zero-order valence-corrected chi connectivity index (χ0v) is 63.2. The van der Waals surface area contributed by atoms with Gasteiger partial charge >= 0.3 is 59.4 Å². The van der Waals surface area contributed by atoms with Crippen molar-refractivity contribution in [1.82, 2.24) is 61.3 Å². The molecule has 4 aromatic heterocycles. The monoisotopic (exact) mass is 1550 g/mol. The van der Waals surface area contributed by atoms with Gasteiger partial charge < -0.3 is 79.4 Å². The molecule has 0 aliphatic carbocycles. The molecule has 13 rings (SSSR count). The van der Waals surface area contributed by atoms with Crippen LogP contribution in [0.3, 0.4) is 0 Å². The second-order valence-corrected chi connectivity index (χ2v) is 21.9. The Morgan fingerprint density at radius 2 is 1.20 bits per heavy atom. The number of amides is 2. The van der Waals surface area contributed by atoms with Crippen molar-refractivity contribution in [2.24, 2.45) is 15.5 Å². The number of aromatic carboxylic acids is 1. The minimum absolute atomic E-state index is 0. The third-order valence-corrected chi connectivity index (χ3v) is 14.5. The second kappa shape index (κ2) is 53.6. The number of carbonyl (C=O) groups excluding carboxylic acids is 5. The average molecular weight is 1550 g/mol. The maximum Gasteiger partial charge on any atom is 1.00 e. The van der Waals surface area contributed by atoms with Crippen molar-refractivity contribution in [1.29, 1.82) is 5.26 Å². The van der Waals surface area contributed by atoms with Gasteiger partial charge in [-0.1, -0.05) is 140 Å². The van der Waals surface area contributed by atoms with E-state index in [1.807, 2.05) is 151 Å². The fourth-order valence-electron chi connectivity index (χ4n) is 9.42. The number of hydrogen-bond donors (Lipinski definition) is 8. The Morgan fingerprint density at radius 3 is 1.62 bits per heavy atom. The number of alkyl halides is 1. The Bertz CT molecular complexity index is 4530. The molecular weight excluding hydrogens is 1460 g/mol. The fraction of sp³-hybridized carbons (Fsp3) is 0.263. The quantitative estimate of drug-likeness (QED) is 0.00516. The van der Waals surface area contributed by atoms with E-state index in [-0.39, 0.29) is 92.0 Å². The van der Waals surface area contributed by atoms with Crippen LogP contribution in [0.4, 0.5) is 4.39 Å². The van der Waals surface area contributed by atoms with E-state index in [1.165, 1.54) is 31.3 Å². The summed E-state index contributed by atoms with van der Waals surface area (Å²) in [5.41, 5.74) is 16.5. The molecule has 0 radical (unpaired) electrons. The normalized spacial score (nSPS) is 11.9. The van der Waals surface area contributed by atoms with Crippen LogP contribution in [0.2, 0.25) is 0 Å². The molecule has 2 amide bonds. The summed E-state index contributed by atoms with van der Waals surface area (Å²) < 4.78 is 51.0. The van der Waals surface area contributed by atoms with Crippen molar-refractivity contribution in [3.63, 3.8) is 0 Å². The molecule has 3 aliphatic rings. The molecule has 2 saturated heterocycles. The van der Waals surface area contributed by atoms with Gasteiger partial charge in [0, 0.05) is 65.6 Å². The number of cyclic esters (lactones) is 1. The Morgan fingerprint density at radius 1 is 0.696 bits per heavy atom. The number of benzene rings is 6. The predicted octanol–water partition coefficient (Wildman–Crippen LogP) is 8.87. The third kappa shape index (κ3) is 32.7. The van der Waals surface area contributed by atoms with Crippen LogP contribution in [-0.2, 0) is 33.3 Å². The number of H-pyrrole nitrogens is 3. The number of likely N-dealkylation sites (tertiary alicyclic amines) is 1. The summed E-state index contributed by atoms with van der Waals surface area (Å²) in [6, 6.07) is 53.5. The van der Waals surface area contributed by atoms with Crippen LogP contribution in [-0.4, -0.2) is 176 Å². The standard InChI is InChI=1S/C26H27N5O4.C12H12N2O2.C10H8N2O2.C9H9NO3.C9H7NO2.C4H5NO2.C4H8O.CH3F.CH4.H2N5O.Na/c1-3-34-21-10-9-19(15-22(21)33-2)24-29-25(35-30-24)18-11-13-31(14-12-18)26(32)20-16-27-23(28-20)17-7-5-4-6-8-17;1-2-16-12(15)10-8-13-11(14-10)9-6-4-3-5-7-9;13-10(14)8-6-11-9(12-8)7-4-2-1-3-5-7;11-8(12)6-10-9(13)7-4-2-1-3-5-7;11-8-6-10-9(12-8)7-4-2-1-3-5-7;1-2-7-4(6)3-5;1-2-4-5-3-1;1-2;;1-2-3-4-5-6;/h4-10,15-16,18H,3,11-14H2,1-2H3,(H,27,28);3-8H,2H2,1H3,(H,13,14);1-6H,(H,11,12)(H,13,14);1-5H,6H2,(H,10,13)(H,11,12);1-5H,6H2;2H2,1H3;1-4H2;1H3;1H4;(H2-,1,2,3,4,5,6);/q;;;;;;;;;-1;+1/i;;;;;;;1D;;;. The summed E-state index contributed by atoms with van der Waals surface area (Å²) in [6.45, 7) is 9.53. The van der Waals surface area contributed by atoms with E-state index in [4.69, 9.17) is 55.5 Å². The molecule has 0 saturated carbocycles. The van der Waals surface area contributed by atoms with Crippen LogP contribution < -0.4 is 55.4 Å². The summed E-state index contributed by atoms with van der Waals surface area (Å²) in [7, 11) is 0.601. The zero-order chi connectivity index (χ0) is 80.4. The summed E-state index contributed by atoms with van der Waals surface area (Å²) in [5, 5.41) is 35.5. The molecule has 2 fully saturated rings. The fourth-order valence-corrected chi connectivity index (χ4v) is 9.42. The summed E-state index contributed by atoms with van der Waals surface area (Å²) in [6.07, 6.45) is 8.45. The first-order valence-corrected chi connectivity index (χ1v) is 33.6. The van der Waals surface area contributed by atoms with E-state index in [1.54, 1.807) is 68.6 Å². The van der Waals surface area contributed by atoms with Crippen molar-refractivity contribution < 1.29 is 112 Å². The first-order valence-electron chi connectivity index (χ1n) is 34.3. The molecule has 584 valence electrons. The Kier molecular flexibility index (Phi) is 43.6. The van der Waals surface area contributed by atoms with Crippen LogP contribution in [0.25, 0.3) is 51.1 Å². The number of carboxylic acid groups (broad SMARTS) is 2. The van der Waals surface area contributed by atoms with Crippen LogP contribution in [0.15, 0.2) is 208 Å². The number of aliphatic imine (C=N–C) groups is 1. The van der Waals surface area contributed by atoms with Gasteiger partial charge in [-0.3, -0.25) is 24.0 Å². The number of methoxy groups -OCH3 is 1. The van der Waals surface area contributed by atoms with Gasteiger partial charge in [-0.2, -0.15) is 10.2 Å². The minimum atomic E-state index is -1.05. The van der Waals surface area contributed by atoms with Gasteiger partial charge in [-0.05, 0) is 88.9 Å². The molecule has 7 heterocycles. The first-order chi connectivity index (χ1) is 53.9. The van der Waals surface area contributed by atoms with Crippen molar-refractivity contribution in [2.75, 3.05) is 73.5 Å². The van der Waals surface area contributed by atoms with E-state index in [2.05, 4.69) is 65.6 Å². The number of hydrazine groups is 1. The molecule has 34 nitrogen and oxygen atoms in total. The summed E-state index contributed by atoms with van der Waals surface area (Å²) >= 11 is 0. The number of carboxylic acids is 2. The SMILES string of the molecule is C.C1CCOC1.CCOC(=O)C#N.CCOC(=O)c1cnc(-c2ccccc2)[nH]1.CCOc1ccc(-c2noc(C3CCN(C(=O)c4cnc(-c5ccccc5)[nH]4)CC3)n2)cc1OC.O=C(O)CNC(=O)c1ccccc1.O=C(O)c1cnc(-c2ccccc2)[nH]1.O=C1CN=C(c2ccccc2)O1.[2H]CF.[N-]=NNNN=O.[Na+]. The molecule has 8 N–H and O–H groups in total. The smallest absolute Gasteiger partial charge is 0.493 e. The van der Waals surface area contributed by atoms with Crippen molar-refractivity contribution in [2.45, 2.75) is 59.8 Å². The van der Waals surface area contributed by atoms with Gasteiger partial charge in [0.15, 0.2) is 17.6 Å². The predicted molar refractivity (Wildman–Crippen MR) is 405 cm³/mol. The summed E-state index contributed by atoms with van der Waals surface area (Å²) in [4.78, 5) is 117. The Labute approximate surface area is 667 Å². The van der Waals surface area contributed by atoms with E-state index in [0.717, 1.165) is 53.9 Å². The number of aromatic nitrogens is 8. The van der Waals surface area contributed by atoms with Gasteiger partial charge in [-0.15, -0.1) is 4.91 Å². The number of esters is 3. The van der Waals surface area contributed by atoms with Gasteiger partial charge in [0.25, 0.3) is 11.8 Å². The average Bonchev–Trinajstić information content (AvgIpc) is 1.69. The van der Waals surface area contributed by atoms with E-state index >= 15 is 0 Å². The molecule has 10 aromatic rings. The van der Waals surface area contributed by atoms with Crippen LogP contribution >= 0.6 is 0 Å². The van der Waals surface area contributed by atoms with Gasteiger partial charge in [-0.25, -0.2) is 44.7 Å². The van der Waals surface area contributed by atoms with Crippen molar-refractivity contribution in [3.05, 3.63) is 233 Å². The van der Waals surface area contributed by atoms with Gasteiger partial charge in [0.1, 0.15) is 47.6 Å². The van der Waals surface area contributed by atoms with Crippen LogP contribution in [0.1, 0.15) is 114 Å². The number of carbonyl (C=O) groups is 7. The number of imidazole rings is 3. The number of ether oxygens (including phenoxy) is 6. The zero-order valence-electron chi connectivity index (χ0n) is 62.2. The number of aliphatic carboxylic acids is 1. The molecule has 6 aromatic carbocycles. The molecule has 0 spiro atoms. The number of rotatable bonds is 20. The van der Waals surface area contributed by atoms with Crippen LogP contribution in [0, 0.1) is 16.2 Å². The largest absolute Gasteiger partial charge is 1.00 e. The van der Waals surface area contributed by atoms with E-state index < -0.39 is 25.1 Å². The maximum atomic E-state index is 13.0.